The molecule has 0 fully saturated rings. The molecule has 0 saturated carbocycles. The van der Waals surface area contributed by atoms with Crippen molar-refractivity contribution in [3.63, 3.8) is 0 Å². The molecule has 0 atom stereocenters. The van der Waals surface area contributed by atoms with Crippen LogP contribution in [-0.2, 0) is 0 Å². The molecule has 3 aromatic heterocycles. The third-order valence-electron chi connectivity index (χ3n) is 8.44. The van der Waals surface area contributed by atoms with Crippen molar-refractivity contribution in [1.82, 2.24) is 9.55 Å². The van der Waals surface area contributed by atoms with Crippen molar-refractivity contribution in [2.45, 2.75) is 0 Å². The predicted octanol–water partition coefficient (Wildman–Crippen LogP) is 9.92. The average Bonchev–Trinajstić information content (AvgIpc) is 3.60. The standard InChI is InChI=1S/C38H21N3O/c39-21-23-13-17-28-32-22-40-33(20-35(32)41(34(28)19-23)26-8-2-1-3-9-26)31-12-6-11-29-30-18-16-25-15-14-24-7-4-5-10-27(24)36(25)38(30)42-37(29)31/h1-20,22H. The van der Waals surface area contributed by atoms with Crippen LogP contribution in [0.3, 0.4) is 0 Å². The number of furan rings is 1. The summed E-state index contributed by atoms with van der Waals surface area (Å²) >= 11 is 0. The molecule has 0 spiro atoms. The monoisotopic (exact) mass is 535 g/mol. The lowest BCUT2D eigenvalue weighted by Crippen LogP contribution is -1.94. The van der Waals surface area contributed by atoms with Crippen molar-refractivity contribution in [2.24, 2.45) is 0 Å². The van der Waals surface area contributed by atoms with E-state index in [1.807, 2.05) is 42.6 Å². The van der Waals surface area contributed by atoms with E-state index >= 15 is 0 Å². The Balaban J connectivity index is 1.35. The van der Waals surface area contributed by atoms with Gasteiger partial charge in [0.15, 0.2) is 0 Å². The first-order chi connectivity index (χ1) is 20.8. The second-order valence-electron chi connectivity index (χ2n) is 10.7. The number of para-hydroxylation sites is 2. The quantitative estimate of drug-likeness (QED) is 0.207. The van der Waals surface area contributed by atoms with E-state index < -0.39 is 0 Å². The summed E-state index contributed by atoms with van der Waals surface area (Å²) in [4.78, 5) is 4.97. The van der Waals surface area contributed by atoms with Crippen LogP contribution in [0.25, 0.3) is 82.2 Å². The minimum Gasteiger partial charge on any atom is -0.455 e. The van der Waals surface area contributed by atoms with Crippen LogP contribution >= 0.6 is 0 Å². The molecular formula is C38H21N3O. The van der Waals surface area contributed by atoms with Crippen molar-refractivity contribution in [1.29, 1.82) is 5.26 Å². The molecule has 0 bridgehead atoms. The van der Waals surface area contributed by atoms with Gasteiger partial charge in [-0.05, 0) is 58.6 Å². The van der Waals surface area contributed by atoms with Gasteiger partial charge in [-0.1, -0.05) is 78.9 Å². The fourth-order valence-corrected chi connectivity index (χ4v) is 6.53. The number of aromatic nitrogens is 2. The average molecular weight is 536 g/mol. The fraction of sp³-hybridized carbons (Fsp3) is 0. The molecule has 0 amide bonds. The molecule has 0 aliphatic heterocycles. The minimum atomic E-state index is 0.627. The van der Waals surface area contributed by atoms with Crippen LogP contribution in [0.5, 0.6) is 0 Å². The Labute approximate surface area is 240 Å². The van der Waals surface area contributed by atoms with Crippen molar-refractivity contribution >= 4 is 65.3 Å². The van der Waals surface area contributed by atoms with Gasteiger partial charge in [0.2, 0.25) is 0 Å². The number of nitriles is 1. The van der Waals surface area contributed by atoms with Gasteiger partial charge in [0, 0.05) is 44.4 Å². The lowest BCUT2D eigenvalue weighted by Gasteiger charge is -2.09. The molecule has 6 aromatic carbocycles. The van der Waals surface area contributed by atoms with Gasteiger partial charge in [-0.15, -0.1) is 0 Å². The molecule has 4 nitrogen and oxygen atoms in total. The highest BCUT2D eigenvalue weighted by atomic mass is 16.3. The highest BCUT2D eigenvalue weighted by Gasteiger charge is 2.19. The van der Waals surface area contributed by atoms with Crippen LogP contribution < -0.4 is 0 Å². The summed E-state index contributed by atoms with van der Waals surface area (Å²) in [5.74, 6) is 0. The molecular weight excluding hydrogens is 514 g/mol. The molecule has 0 radical (unpaired) electrons. The highest BCUT2D eigenvalue weighted by molar-refractivity contribution is 6.24. The number of hydrogen-bond donors (Lipinski definition) is 0. The summed E-state index contributed by atoms with van der Waals surface area (Å²) < 4.78 is 9.01. The minimum absolute atomic E-state index is 0.627. The number of pyridine rings is 1. The van der Waals surface area contributed by atoms with Gasteiger partial charge in [0.05, 0.1) is 28.4 Å². The maximum atomic E-state index is 9.63. The Morgan fingerprint density at radius 3 is 2.24 bits per heavy atom. The molecule has 194 valence electrons. The van der Waals surface area contributed by atoms with E-state index in [0.717, 1.165) is 71.5 Å². The predicted molar refractivity (Wildman–Crippen MR) is 171 cm³/mol. The second-order valence-corrected chi connectivity index (χ2v) is 10.7. The van der Waals surface area contributed by atoms with E-state index in [-0.39, 0.29) is 0 Å². The summed E-state index contributed by atoms with van der Waals surface area (Å²) in [5.41, 5.74) is 7.18. The first-order valence-corrected chi connectivity index (χ1v) is 13.9. The van der Waals surface area contributed by atoms with Gasteiger partial charge >= 0.3 is 0 Å². The van der Waals surface area contributed by atoms with Crippen molar-refractivity contribution < 1.29 is 4.42 Å². The van der Waals surface area contributed by atoms with Crippen LogP contribution in [0.2, 0.25) is 0 Å². The van der Waals surface area contributed by atoms with Gasteiger partial charge in [-0.25, -0.2) is 0 Å². The van der Waals surface area contributed by atoms with Crippen LogP contribution in [0, 0.1) is 11.3 Å². The summed E-state index contributed by atoms with van der Waals surface area (Å²) in [6.45, 7) is 0. The maximum Gasteiger partial charge on any atom is 0.144 e. The second kappa shape index (κ2) is 8.54. The van der Waals surface area contributed by atoms with E-state index in [1.54, 1.807) is 0 Å². The van der Waals surface area contributed by atoms with Crippen LogP contribution in [0.1, 0.15) is 5.56 Å². The molecule has 9 aromatic rings. The first kappa shape index (κ1) is 22.9. The van der Waals surface area contributed by atoms with Crippen LogP contribution in [0.15, 0.2) is 132 Å². The molecule has 0 N–H and O–H groups in total. The zero-order chi connectivity index (χ0) is 27.8. The Hall–Kier alpha value is -5.92. The molecule has 4 heteroatoms. The SMILES string of the molecule is N#Cc1ccc2c3cnc(-c4cccc5c4oc4c5ccc5ccc6ccccc6c54)cc3n(-c3ccccc3)c2c1. The number of benzene rings is 6. The Kier molecular flexibility index (Phi) is 4.65. The maximum absolute atomic E-state index is 9.63. The Morgan fingerprint density at radius 2 is 1.33 bits per heavy atom. The summed E-state index contributed by atoms with van der Waals surface area (Å²) in [5, 5.41) is 18.6. The van der Waals surface area contributed by atoms with E-state index in [2.05, 4.69) is 95.6 Å². The van der Waals surface area contributed by atoms with Gasteiger partial charge in [-0.2, -0.15) is 5.26 Å². The lowest BCUT2D eigenvalue weighted by atomic mass is 9.99. The largest absolute Gasteiger partial charge is 0.455 e. The molecule has 42 heavy (non-hydrogen) atoms. The number of rotatable bonds is 2. The number of fused-ring (bicyclic) bond motifs is 10. The molecule has 0 saturated heterocycles. The van der Waals surface area contributed by atoms with E-state index in [4.69, 9.17) is 9.40 Å². The molecule has 0 aliphatic carbocycles. The van der Waals surface area contributed by atoms with Crippen LogP contribution in [-0.4, -0.2) is 9.55 Å². The smallest absolute Gasteiger partial charge is 0.144 e. The normalized spacial score (nSPS) is 11.8. The van der Waals surface area contributed by atoms with Gasteiger partial charge in [0.25, 0.3) is 0 Å². The first-order valence-electron chi connectivity index (χ1n) is 13.9. The molecule has 9 rings (SSSR count). The zero-order valence-electron chi connectivity index (χ0n) is 22.4. The Bertz CT molecular complexity index is 2580. The van der Waals surface area contributed by atoms with Crippen LogP contribution in [0.4, 0.5) is 0 Å². The highest BCUT2D eigenvalue weighted by Crippen LogP contribution is 2.41. The third-order valence-corrected chi connectivity index (χ3v) is 8.44. The van der Waals surface area contributed by atoms with Gasteiger partial charge < -0.3 is 8.98 Å². The summed E-state index contributed by atoms with van der Waals surface area (Å²) in [6.07, 6.45) is 1.95. The van der Waals surface area contributed by atoms with E-state index in [9.17, 15) is 5.26 Å². The van der Waals surface area contributed by atoms with E-state index in [0.29, 0.717) is 5.56 Å². The lowest BCUT2D eigenvalue weighted by molar-refractivity contribution is 0.674. The van der Waals surface area contributed by atoms with Crippen molar-refractivity contribution in [3.05, 3.63) is 133 Å². The van der Waals surface area contributed by atoms with Crippen molar-refractivity contribution in [3.8, 4) is 23.0 Å². The molecule has 0 unspecified atom stereocenters. The summed E-state index contributed by atoms with van der Waals surface area (Å²) in [6, 6.07) is 44.0. The van der Waals surface area contributed by atoms with E-state index in [1.165, 1.54) is 10.8 Å². The van der Waals surface area contributed by atoms with Gasteiger partial charge in [-0.3, -0.25) is 4.98 Å². The Morgan fingerprint density at radius 1 is 0.595 bits per heavy atom. The third kappa shape index (κ3) is 3.13. The van der Waals surface area contributed by atoms with Gasteiger partial charge in [0.1, 0.15) is 11.2 Å². The zero-order valence-corrected chi connectivity index (χ0v) is 22.4. The topological polar surface area (TPSA) is 54.8 Å². The number of hydrogen-bond acceptors (Lipinski definition) is 3. The molecule has 0 aliphatic rings. The fourth-order valence-electron chi connectivity index (χ4n) is 6.53. The summed E-state index contributed by atoms with van der Waals surface area (Å²) in [7, 11) is 0. The molecule has 3 heterocycles. The number of nitrogens with zero attached hydrogens (tertiary/aromatic N) is 3. The van der Waals surface area contributed by atoms with Crippen molar-refractivity contribution in [2.75, 3.05) is 0 Å².